The normalized spacial score (nSPS) is 11.8. The zero-order valence-corrected chi connectivity index (χ0v) is 28.4. The van der Waals surface area contributed by atoms with Crippen LogP contribution in [0.4, 0.5) is 0 Å². The molecule has 0 spiro atoms. The molecule has 0 aliphatic rings. The van der Waals surface area contributed by atoms with E-state index < -0.39 is 0 Å². The summed E-state index contributed by atoms with van der Waals surface area (Å²) < 4.78 is 6.27. The van der Waals surface area contributed by atoms with E-state index in [0.29, 0.717) is 17.5 Å². The molecule has 11 aromatic rings. The van der Waals surface area contributed by atoms with E-state index in [1.54, 1.807) is 0 Å². The molecular formula is C48H28N4O. The van der Waals surface area contributed by atoms with Gasteiger partial charge in [0.2, 0.25) is 0 Å². The molecule has 0 unspecified atom stereocenters. The van der Waals surface area contributed by atoms with Gasteiger partial charge in [-0.15, -0.1) is 0 Å². The van der Waals surface area contributed by atoms with Gasteiger partial charge in [0.25, 0.3) is 0 Å². The fraction of sp³-hybridized carbons (Fsp3) is 0. The second kappa shape index (κ2) is 11.7. The van der Waals surface area contributed by atoms with Crippen LogP contribution in [0.25, 0.3) is 110 Å². The maximum Gasteiger partial charge on any atom is 0.164 e. The van der Waals surface area contributed by atoms with E-state index in [9.17, 15) is 0 Å². The van der Waals surface area contributed by atoms with Crippen LogP contribution in [0.15, 0.2) is 174 Å². The van der Waals surface area contributed by atoms with Gasteiger partial charge in [-0.25, -0.2) is 15.0 Å². The van der Waals surface area contributed by atoms with Gasteiger partial charge in [-0.2, -0.15) is 0 Å². The summed E-state index contributed by atoms with van der Waals surface area (Å²) >= 11 is 0. The lowest BCUT2D eigenvalue weighted by Crippen LogP contribution is -2.00. The minimum Gasteiger partial charge on any atom is -0.456 e. The molecule has 5 heteroatoms. The first kappa shape index (κ1) is 29.5. The second-order valence-corrected chi connectivity index (χ2v) is 13.4. The van der Waals surface area contributed by atoms with E-state index in [4.69, 9.17) is 24.4 Å². The number of benzene rings is 8. The Bertz CT molecular complexity index is 3230. The standard InChI is InChI=1S/C48H28N4O/c1-2-11-30(12-3-1)46-50-47(31-25-23-29-24-26-32-28-49-41-20-6-4-13-38(41)44(32)40(29)27-31)52-48(51-46)37-19-9-15-33-34(16-8-17-35(33)37)36-18-10-22-43-45(36)39-14-5-7-21-42(39)53-43/h1-28H. The van der Waals surface area contributed by atoms with Crippen molar-refractivity contribution in [1.29, 1.82) is 0 Å². The lowest BCUT2D eigenvalue weighted by Gasteiger charge is -2.13. The van der Waals surface area contributed by atoms with E-state index in [1.807, 2.05) is 60.8 Å². The maximum absolute atomic E-state index is 6.27. The highest BCUT2D eigenvalue weighted by Gasteiger charge is 2.18. The van der Waals surface area contributed by atoms with Crippen LogP contribution < -0.4 is 0 Å². The van der Waals surface area contributed by atoms with Gasteiger partial charge < -0.3 is 4.42 Å². The summed E-state index contributed by atoms with van der Waals surface area (Å²) in [5, 5.41) is 10.1. The van der Waals surface area contributed by atoms with Crippen LogP contribution in [0.5, 0.6) is 0 Å². The molecule has 53 heavy (non-hydrogen) atoms. The van der Waals surface area contributed by atoms with Crippen molar-refractivity contribution >= 4 is 65.2 Å². The molecule has 0 atom stereocenters. The van der Waals surface area contributed by atoms with Gasteiger partial charge in [-0.05, 0) is 56.9 Å². The number of fused-ring (bicyclic) bond motifs is 9. The molecular weight excluding hydrogens is 649 g/mol. The molecule has 0 bridgehead atoms. The third kappa shape index (κ3) is 4.71. The molecule has 11 rings (SSSR count). The van der Waals surface area contributed by atoms with Crippen LogP contribution in [0.3, 0.4) is 0 Å². The first-order chi connectivity index (χ1) is 26.3. The number of hydrogen-bond donors (Lipinski definition) is 0. The summed E-state index contributed by atoms with van der Waals surface area (Å²) in [4.78, 5) is 20.2. The zero-order valence-electron chi connectivity index (χ0n) is 28.4. The summed E-state index contributed by atoms with van der Waals surface area (Å²) in [6, 6.07) is 56.7. The average Bonchev–Trinajstić information content (AvgIpc) is 3.62. The Labute approximate surface area is 303 Å². The third-order valence-corrected chi connectivity index (χ3v) is 10.4. The Morgan fingerprint density at radius 3 is 1.87 bits per heavy atom. The fourth-order valence-corrected chi connectivity index (χ4v) is 7.90. The fourth-order valence-electron chi connectivity index (χ4n) is 7.90. The molecule has 0 aliphatic heterocycles. The zero-order chi connectivity index (χ0) is 34.9. The first-order valence-corrected chi connectivity index (χ1v) is 17.7. The summed E-state index contributed by atoms with van der Waals surface area (Å²) in [6.07, 6.45) is 1.96. The van der Waals surface area contributed by atoms with Gasteiger partial charge in [0.15, 0.2) is 17.5 Å². The molecule has 5 nitrogen and oxygen atoms in total. The van der Waals surface area contributed by atoms with Gasteiger partial charge >= 0.3 is 0 Å². The molecule has 0 saturated heterocycles. The largest absolute Gasteiger partial charge is 0.456 e. The molecule has 3 aromatic heterocycles. The molecule has 246 valence electrons. The van der Waals surface area contributed by atoms with Crippen molar-refractivity contribution in [3.05, 3.63) is 170 Å². The van der Waals surface area contributed by atoms with Crippen LogP contribution >= 0.6 is 0 Å². The number of rotatable bonds is 4. The summed E-state index contributed by atoms with van der Waals surface area (Å²) in [6.45, 7) is 0. The quantitative estimate of drug-likeness (QED) is 0.174. The van der Waals surface area contributed by atoms with Crippen molar-refractivity contribution in [3.8, 4) is 45.3 Å². The summed E-state index contributed by atoms with van der Waals surface area (Å²) in [7, 11) is 0. The Morgan fingerprint density at radius 1 is 0.358 bits per heavy atom. The van der Waals surface area contributed by atoms with Gasteiger partial charge in [0.1, 0.15) is 11.2 Å². The number of furan rings is 1. The number of aromatic nitrogens is 4. The van der Waals surface area contributed by atoms with Crippen LogP contribution in [0.1, 0.15) is 0 Å². The average molecular weight is 677 g/mol. The Kier molecular flexibility index (Phi) is 6.48. The molecule has 3 heterocycles. The van der Waals surface area contributed by atoms with E-state index in [0.717, 1.165) is 87.6 Å². The van der Waals surface area contributed by atoms with Gasteiger partial charge in [-0.1, -0.05) is 140 Å². The molecule has 0 fully saturated rings. The number of para-hydroxylation sites is 2. The minimum atomic E-state index is 0.619. The van der Waals surface area contributed by atoms with Gasteiger partial charge in [0, 0.05) is 49.8 Å². The monoisotopic (exact) mass is 676 g/mol. The lowest BCUT2D eigenvalue weighted by molar-refractivity contribution is 0.669. The van der Waals surface area contributed by atoms with E-state index in [2.05, 4.69) is 109 Å². The summed E-state index contributed by atoms with van der Waals surface area (Å²) in [5.74, 6) is 1.87. The van der Waals surface area contributed by atoms with Crippen molar-refractivity contribution in [3.63, 3.8) is 0 Å². The number of hydrogen-bond acceptors (Lipinski definition) is 5. The van der Waals surface area contributed by atoms with Gasteiger partial charge in [0.05, 0.1) is 5.52 Å². The van der Waals surface area contributed by atoms with Crippen LogP contribution in [-0.4, -0.2) is 19.9 Å². The minimum absolute atomic E-state index is 0.619. The highest BCUT2D eigenvalue weighted by molar-refractivity contribution is 6.20. The maximum atomic E-state index is 6.27. The number of pyridine rings is 1. The van der Waals surface area contributed by atoms with Gasteiger partial charge in [-0.3, -0.25) is 4.98 Å². The predicted octanol–water partition coefficient (Wildman–Crippen LogP) is 12.4. The predicted molar refractivity (Wildman–Crippen MR) is 217 cm³/mol. The van der Waals surface area contributed by atoms with Crippen LogP contribution in [0.2, 0.25) is 0 Å². The van der Waals surface area contributed by atoms with Crippen LogP contribution in [-0.2, 0) is 0 Å². The molecule has 0 radical (unpaired) electrons. The van der Waals surface area contributed by atoms with E-state index in [1.165, 1.54) is 5.39 Å². The topological polar surface area (TPSA) is 64.7 Å². The smallest absolute Gasteiger partial charge is 0.164 e. The number of nitrogens with zero attached hydrogens (tertiary/aromatic N) is 4. The van der Waals surface area contributed by atoms with Crippen molar-refractivity contribution in [1.82, 2.24) is 19.9 Å². The third-order valence-electron chi connectivity index (χ3n) is 10.4. The molecule has 0 amide bonds. The van der Waals surface area contributed by atoms with Crippen molar-refractivity contribution in [2.75, 3.05) is 0 Å². The second-order valence-electron chi connectivity index (χ2n) is 13.4. The lowest BCUT2D eigenvalue weighted by atomic mass is 9.93. The highest BCUT2D eigenvalue weighted by Crippen LogP contribution is 2.41. The molecule has 0 aliphatic carbocycles. The van der Waals surface area contributed by atoms with Crippen LogP contribution in [0, 0.1) is 0 Å². The van der Waals surface area contributed by atoms with E-state index in [-0.39, 0.29) is 0 Å². The van der Waals surface area contributed by atoms with Crippen molar-refractivity contribution in [2.24, 2.45) is 0 Å². The molecule has 0 N–H and O–H groups in total. The Balaban J connectivity index is 1.14. The van der Waals surface area contributed by atoms with E-state index >= 15 is 0 Å². The molecule has 0 saturated carbocycles. The Hall–Kier alpha value is -7.24. The Morgan fingerprint density at radius 2 is 0.981 bits per heavy atom. The van der Waals surface area contributed by atoms with Crippen molar-refractivity contribution in [2.45, 2.75) is 0 Å². The summed E-state index contributed by atoms with van der Waals surface area (Å²) in [5.41, 5.74) is 7.78. The molecule has 8 aromatic carbocycles. The first-order valence-electron chi connectivity index (χ1n) is 17.7. The SMILES string of the molecule is c1ccc(-c2nc(-c3ccc4ccc5cnc6ccccc6c5c4c3)nc(-c3cccc4c(-c5cccc6oc7ccccc7c56)cccc34)n2)cc1. The highest BCUT2D eigenvalue weighted by atomic mass is 16.3. The van der Waals surface area contributed by atoms with Crippen molar-refractivity contribution < 1.29 is 4.42 Å².